The molecule has 2 aromatic carbocycles. The molecule has 6 heteroatoms. The maximum absolute atomic E-state index is 12.6. The van der Waals surface area contributed by atoms with Crippen molar-refractivity contribution in [1.82, 2.24) is 9.99 Å². The third-order valence-electron chi connectivity index (χ3n) is 5.42. The topological polar surface area (TPSA) is 72.7 Å². The first-order chi connectivity index (χ1) is 15.7. The monoisotopic (exact) mass is 445 g/mol. The minimum absolute atomic E-state index is 0.172. The predicted molar refractivity (Wildman–Crippen MR) is 131 cm³/mol. The molecule has 0 radical (unpaired) electrons. The van der Waals surface area contributed by atoms with Crippen molar-refractivity contribution in [3.05, 3.63) is 87.7 Å². The minimum atomic E-state index is -0.359. The van der Waals surface area contributed by atoms with Gasteiger partial charge in [0.25, 0.3) is 0 Å². The summed E-state index contributed by atoms with van der Waals surface area (Å²) in [5.41, 5.74) is 9.81. The van der Waals surface area contributed by atoms with Crippen molar-refractivity contribution in [2.24, 2.45) is 5.10 Å². The molecule has 1 amide bonds. The summed E-state index contributed by atoms with van der Waals surface area (Å²) in [5.74, 6) is -0.532. The zero-order chi connectivity index (χ0) is 24.1. The number of esters is 1. The molecule has 1 N–H and O–H groups in total. The van der Waals surface area contributed by atoms with Gasteiger partial charge < -0.3 is 9.30 Å². The van der Waals surface area contributed by atoms with E-state index in [1.54, 1.807) is 12.3 Å². The van der Waals surface area contributed by atoms with Crippen LogP contribution in [0.3, 0.4) is 0 Å². The van der Waals surface area contributed by atoms with E-state index < -0.39 is 0 Å². The molecule has 3 aromatic rings. The summed E-state index contributed by atoms with van der Waals surface area (Å²) in [6.07, 6.45) is 1.70. The molecular weight excluding hydrogens is 414 g/mol. The van der Waals surface area contributed by atoms with E-state index in [-0.39, 0.29) is 24.4 Å². The molecule has 6 nitrogen and oxygen atoms in total. The van der Waals surface area contributed by atoms with Crippen molar-refractivity contribution in [3.8, 4) is 5.69 Å². The van der Waals surface area contributed by atoms with Gasteiger partial charge in [-0.25, -0.2) is 10.2 Å². The van der Waals surface area contributed by atoms with Crippen LogP contribution in [0.4, 0.5) is 0 Å². The number of carbonyl (C=O) groups is 2. The van der Waals surface area contributed by atoms with E-state index in [0.717, 1.165) is 33.8 Å². The number of benzene rings is 2. The Kier molecular flexibility index (Phi) is 7.48. The molecule has 0 spiro atoms. The Morgan fingerprint density at radius 1 is 1.06 bits per heavy atom. The number of ether oxygens (including phenoxy) is 1. The van der Waals surface area contributed by atoms with E-state index in [1.165, 1.54) is 5.56 Å². The molecule has 1 aromatic heterocycles. The van der Waals surface area contributed by atoms with Crippen LogP contribution in [-0.4, -0.2) is 28.8 Å². The maximum Gasteiger partial charge on any atom is 0.340 e. The van der Waals surface area contributed by atoms with E-state index in [1.807, 2.05) is 82.5 Å². The number of hydrogen-bond acceptors (Lipinski definition) is 4. The molecule has 0 aliphatic carbocycles. The SMILES string of the molecule is Cc1ccc(CC(=O)N/N=C\c2cc(C)n(-c3ccccc3C(=O)OC(C)C)c2C)c(C)c1. The molecule has 0 atom stereocenters. The predicted octanol–water partition coefficient (Wildman–Crippen LogP) is 4.97. The Morgan fingerprint density at radius 2 is 1.79 bits per heavy atom. The summed E-state index contributed by atoms with van der Waals surface area (Å²) in [6.45, 7) is 11.6. The second kappa shape index (κ2) is 10.3. The first kappa shape index (κ1) is 24.0. The van der Waals surface area contributed by atoms with Crippen LogP contribution in [0.25, 0.3) is 5.69 Å². The highest BCUT2D eigenvalue weighted by atomic mass is 16.5. The second-order valence-electron chi connectivity index (χ2n) is 8.53. The van der Waals surface area contributed by atoms with Crippen molar-refractivity contribution in [3.63, 3.8) is 0 Å². The lowest BCUT2D eigenvalue weighted by Gasteiger charge is -2.15. The number of hydrazone groups is 1. The van der Waals surface area contributed by atoms with Crippen LogP contribution in [0.1, 0.15) is 57.8 Å². The van der Waals surface area contributed by atoms with Crippen LogP contribution in [0, 0.1) is 27.7 Å². The Balaban J connectivity index is 1.78. The fourth-order valence-corrected chi connectivity index (χ4v) is 3.84. The molecule has 0 saturated heterocycles. The number of para-hydroxylation sites is 1. The molecule has 0 bridgehead atoms. The van der Waals surface area contributed by atoms with Crippen LogP contribution in [0.15, 0.2) is 53.6 Å². The highest BCUT2D eigenvalue weighted by molar-refractivity contribution is 5.94. The quantitative estimate of drug-likeness (QED) is 0.317. The standard InChI is InChI=1S/C27H31N3O3/c1-17(2)33-27(32)24-9-7-8-10-25(24)30-20(5)14-23(21(30)6)16-28-29-26(31)15-22-12-11-18(3)13-19(22)4/h7-14,16-17H,15H2,1-6H3,(H,29,31)/b28-16-. The average Bonchev–Trinajstić information content (AvgIpc) is 3.02. The second-order valence-corrected chi connectivity index (χ2v) is 8.53. The highest BCUT2D eigenvalue weighted by Crippen LogP contribution is 2.23. The van der Waals surface area contributed by atoms with Crippen molar-refractivity contribution in [1.29, 1.82) is 0 Å². The number of nitrogens with zero attached hydrogens (tertiary/aromatic N) is 2. The third kappa shape index (κ3) is 5.77. The minimum Gasteiger partial charge on any atom is -0.459 e. The molecule has 0 aliphatic heterocycles. The Hall–Kier alpha value is -3.67. The number of nitrogens with one attached hydrogen (secondary N) is 1. The van der Waals surface area contributed by atoms with E-state index in [9.17, 15) is 9.59 Å². The molecule has 0 fully saturated rings. The Bertz CT molecular complexity index is 1210. The number of rotatable bonds is 7. The van der Waals surface area contributed by atoms with Crippen LogP contribution in [0.5, 0.6) is 0 Å². The lowest BCUT2D eigenvalue weighted by Crippen LogP contribution is -2.20. The largest absolute Gasteiger partial charge is 0.459 e. The average molecular weight is 446 g/mol. The van der Waals surface area contributed by atoms with E-state index >= 15 is 0 Å². The van der Waals surface area contributed by atoms with Gasteiger partial charge in [0.15, 0.2) is 0 Å². The molecule has 0 saturated carbocycles. The van der Waals surface area contributed by atoms with Crippen molar-refractivity contribution >= 4 is 18.1 Å². The summed E-state index contributed by atoms with van der Waals surface area (Å²) in [6, 6.07) is 15.4. The van der Waals surface area contributed by atoms with Gasteiger partial charge in [-0.2, -0.15) is 5.10 Å². The van der Waals surface area contributed by atoms with Gasteiger partial charge in [0.05, 0.1) is 30.0 Å². The van der Waals surface area contributed by atoms with Gasteiger partial charge in [0, 0.05) is 17.0 Å². The number of amides is 1. The smallest absolute Gasteiger partial charge is 0.340 e. The summed E-state index contributed by atoms with van der Waals surface area (Å²) < 4.78 is 7.41. The zero-order valence-corrected chi connectivity index (χ0v) is 20.1. The normalized spacial score (nSPS) is 11.2. The first-order valence-electron chi connectivity index (χ1n) is 11.0. The molecule has 1 heterocycles. The zero-order valence-electron chi connectivity index (χ0n) is 20.1. The lowest BCUT2D eigenvalue weighted by molar-refractivity contribution is -0.120. The lowest BCUT2D eigenvalue weighted by atomic mass is 10.0. The van der Waals surface area contributed by atoms with Gasteiger partial charge in [0.2, 0.25) is 5.91 Å². The van der Waals surface area contributed by atoms with Gasteiger partial charge in [-0.15, -0.1) is 0 Å². The molecule has 3 rings (SSSR count). The van der Waals surface area contributed by atoms with Crippen molar-refractivity contribution < 1.29 is 14.3 Å². The fourth-order valence-electron chi connectivity index (χ4n) is 3.84. The van der Waals surface area contributed by atoms with Gasteiger partial charge >= 0.3 is 5.97 Å². The number of aryl methyl sites for hydroxylation is 3. The number of aromatic nitrogens is 1. The number of hydrogen-bond donors (Lipinski definition) is 1. The Labute approximate surface area is 195 Å². The molecule has 0 aliphatic rings. The fraction of sp³-hybridized carbons (Fsp3) is 0.296. The summed E-state index contributed by atoms with van der Waals surface area (Å²) in [5, 5.41) is 4.16. The van der Waals surface area contributed by atoms with Crippen LogP contribution >= 0.6 is 0 Å². The summed E-state index contributed by atoms with van der Waals surface area (Å²) in [7, 11) is 0. The van der Waals surface area contributed by atoms with Gasteiger partial charge in [0.1, 0.15) is 0 Å². The van der Waals surface area contributed by atoms with Crippen LogP contribution < -0.4 is 5.43 Å². The molecule has 0 unspecified atom stereocenters. The van der Waals surface area contributed by atoms with E-state index in [2.05, 4.69) is 16.6 Å². The first-order valence-corrected chi connectivity index (χ1v) is 11.0. The van der Waals surface area contributed by atoms with E-state index in [0.29, 0.717) is 5.56 Å². The van der Waals surface area contributed by atoms with E-state index in [4.69, 9.17) is 4.74 Å². The van der Waals surface area contributed by atoms with Gasteiger partial charge in [-0.3, -0.25) is 4.79 Å². The van der Waals surface area contributed by atoms with Crippen molar-refractivity contribution in [2.75, 3.05) is 0 Å². The molecule has 33 heavy (non-hydrogen) atoms. The summed E-state index contributed by atoms with van der Waals surface area (Å²) >= 11 is 0. The maximum atomic E-state index is 12.6. The van der Waals surface area contributed by atoms with Crippen molar-refractivity contribution in [2.45, 2.75) is 54.1 Å². The highest BCUT2D eigenvalue weighted by Gasteiger charge is 2.18. The molecule has 172 valence electrons. The number of carbonyl (C=O) groups excluding carboxylic acids is 2. The third-order valence-corrected chi connectivity index (χ3v) is 5.42. The molecular formula is C27H31N3O3. The van der Waals surface area contributed by atoms with Crippen LogP contribution in [-0.2, 0) is 16.0 Å². The summed E-state index contributed by atoms with van der Waals surface area (Å²) in [4.78, 5) is 25.0. The van der Waals surface area contributed by atoms with Crippen LogP contribution in [0.2, 0.25) is 0 Å². The van der Waals surface area contributed by atoms with Gasteiger partial charge in [-0.1, -0.05) is 35.9 Å². The van der Waals surface area contributed by atoms with Gasteiger partial charge in [-0.05, 0) is 70.9 Å². The Morgan fingerprint density at radius 3 is 2.48 bits per heavy atom.